The molecule has 0 heterocycles. The predicted molar refractivity (Wildman–Crippen MR) is 261 cm³/mol. The number of halogens is 1. The maximum absolute atomic E-state index is 14.5. The van der Waals surface area contributed by atoms with E-state index >= 15 is 0 Å². The van der Waals surface area contributed by atoms with E-state index in [4.69, 9.17) is 8.76 Å². The number of benzene rings is 4. The Morgan fingerprint density at radius 3 is 1.29 bits per heavy atom. The molecule has 0 unspecified atom stereocenters. The summed E-state index contributed by atoms with van der Waals surface area (Å²) in [6.07, 6.45) is 8.83. The van der Waals surface area contributed by atoms with Gasteiger partial charge in [0, 0.05) is 6.92 Å². The van der Waals surface area contributed by atoms with Crippen LogP contribution in [-0.2, 0) is 23.3 Å². The van der Waals surface area contributed by atoms with Gasteiger partial charge in [-0.3, -0.25) is 0 Å². The third-order valence-electron chi connectivity index (χ3n) is 13.9. The van der Waals surface area contributed by atoms with Gasteiger partial charge in [-0.05, 0) is 91.1 Å². The minimum absolute atomic E-state index is 0. The van der Waals surface area contributed by atoms with E-state index in [2.05, 4.69) is 174 Å². The summed E-state index contributed by atoms with van der Waals surface area (Å²) >= 11 is -0.353. The second kappa shape index (κ2) is 22.3. The molecule has 0 amide bonds. The quantitative estimate of drug-likeness (QED) is 0.141. The SMILES string of the molecule is CC#N.CC(C)([CH]=[Mo+2]=[N]C12CC3CC(CC(C3)C1)C2)c1ccccc1.CC(C)c1cc(C(C)C)c(-c2cccc(-c3c(C(C)C)cc(C(C)C)cc3C(C)C)c2[O-])c(C(C)C)c1.[Cl-]. The van der Waals surface area contributed by atoms with Crippen LogP contribution in [0.25, 0.3) is 22.3 Å². The molecule has 0 aliphatic heterocycles. The maximum Gasteiger partial charge on any atom is -0.0120 e. The Labute approximate surface area is 398 Å². The molecular formula is C58H79ClMoN2O. The molecule has 4 aromatic carbocycles. The Morgan fingerprint density at radius 2 is 0.968 bits per heavy atom. The van der Waals surface area contributed by atoms with Gasteiger partial charge in [0.25, 0.3) is 0 Å². The summed E-state index contributed by atoms with van der Waals surface area (Å²) in [7, 11) is 0. The standard InChI is InChI=1S/C36H50O.C10H15N.C10H12.C2H3N.ClH.Mo/c1-20(2)26-16-30(22(5)6)34(31(17-26)23(7)8)28-14-13-15-29(36(28)37)35-32(24(9)10)18-27(21(3)4)19-33(35)25(11)12;11-10-4-7-1-8(5-10)3-9(2-7)6-10;1-10(2,3)9-7-5-4-6-8-9;1-2-3;;/h13-25,37H,1-12H3;7-9H,1-6H2;1,4-8H,2-3H3;1H3;1H;/q;;;;;+2/p-2. The van der Waals surface area contributed by atoms with Crippen LogP contribution >= 0.6 is 0 Å². The van der Waals surface area contributed by atoms with Crippen LogP contribution in [0.4, 0.5) is 0 Å². The Balaban J connectivity index is 0.000000283. The van der Waals surface area contributed by atoms with Crippen LogP contribution in [0.5, 0.6) is 5.75 Å². The van der Waals surface area contributed by atoms with E-state index in [9.17, 15) is 5.11 Å². The van der Waals surface area contributed by atoms with Crippen molar-refractivity contribution >= 4 is 4.40 Å². The molecular weight excluding hydrogens is 872 g/mol. The summed E-state index contributed by atoms with van der Waals surface area (Å²) < 4.78 is 7.96. The number of hydrogen-bond acceptors (Lipinski definition) is 3. The molecule has 4 saturated carbocycles. The van der Waals surface area contributed by atoms with Gasteiger partial charge in [0.2, 0.25) is 0 Å². The Kier molecular flexibility index (Phi) is 18.6. The molecule has 4 bridgehead atoms. The molecule has 4 fully saturated rings. The van der Waals surface area contributed by atoms with E-state index in [1.807, 2.05) is 0 Å². The fourth-order valence-corrected chi connectivity index (χ4v) is 13.1. The molecule has 4 aliphatic carbocycles. The summed E-state index contributed by atoms with van der Waals surface area (Å²) in [5, 5.41) is 21.8. The molecule has 0 N–H and O–H groups in total. The molecule has 5 heteroatoms. The van der Waals surface area contributed by atoms with Crippen molar-refractivity contribution in [3.8, 4) is 34.1 Å². The minimum atomic E-state index is -0.353. The summed E-state index contributed by atoms with van der Waals surface area (Å²) in [5.41, 5.74) is 13.9. The first-order valence-electron chi connectivity index (χ1n) is 24.0. The average molecular weight is 952 g/mol. The first-order valence-corrected chi connectivity index (χ1v) is 26.0. The first kappa shape index (κ1) is 52.4. The maximum atomic E-state index is 14.5. The van der Waals surface area contributed by atoms with Crippen molar-refractivity contribution in [1.82, 2.24) is 0 Å². The van der Waals surface area contributed by atoms with Crippen molar-refractivity contribution in [2.45, 2.75) is 189 Å². The van der Waals surface area contributed by atoms with Gasteiger partial charge in [0.05, 0.1) is 6.07 Å². The van der Waals surface area contributed by atoms with E-state index in [0.29, 0.717) is 41.0 Å². The molecule has 0 spiro atoms. The zero-order chi connectivity index (χ0) is 45.7. The number of hydrogen-bond donors (Lipinski definition) is 0. The summed E-state index contributed by atoms with van der Waals surface area (Å²) in [6, 6.07) is 28.3. The van der Waals surface area contributed by atoms with Crippen molar-refractivity contribution in [3.05, 3.63) is 112 Å². The molecule has 0 saturated heterocycles. The Hall–Kier alpha value is -3.18. The monoisotopic (exact) mass is 952 g/mol. The van der Waals surface area contributed by atoms with Gasteiger partial charge in [0.1, 0.15) is 0 Å². The molecule has 340 valence electrons. The largest absolute Gasteiger partial charge is 1.00 e. The van der Waals surface area contributed by atoms with Gasteiger partial charge in [-0.15, -0.1) is 0 Å². The van der Waals surface area contributed by atoms with Gasteiger partial charge in [-0.25, -0.2) is 0 Å². The first-order chi connectivity index (χ1) is 29.2. The smallest absolute Gasteiger partial charge is 0.0120 e. The van der Waals surface area contributed by atoms with Gasteiger partial charge in [-0.2, -0.15) is 5.26 Å². The molecule has 8 rings (SSSR count). The van der Waals surface area contributed by atoms with Crippen LogP contribution in [-0.4, -0.2) is 9.94 Å². The second-order valence-electron chi connectivity index (χ2n) is 21.5. The number of rotatable bonds is 11. The minimum Gasteiger partial charge on any atom is -1.00 e. The van der Waals surface area contributed by atoms with Crippen molar-refractivity contribution in [2.24, 2.45) is 21.2 Å². The summed E-state index contributed by atoms with van der Waals surface area (Å²) in [5.74, 6) is 5.43. The normalized spacial score (nSPS) is 19.9. The molecule has 0 aromatic heterocycles. The molecule has 4 aromatic rings. The predicted octanol–water partition coefficient (Wildman–Crippen LogP) is 13.4. The van der Waals surface area contributed by atoms with Gasteiger partial charge in [-0.1, -0.05) is 131 Å². The number of para-hydroxylation sites is 1. The Morgan fingerprint density at radius 1 is 0.619 bits per heavy atom. The summed E-state index contributed by atoms with van der Waals surface area (Å²) in [4.78, 5) is 0. The Bertz CT molecular complexity index is 2060. The van der Waals surface area contributed by atoms with Crippen LogP contribution in [0, 0.1) is 29.1 Å². The third-order valence-corrected chi connectivity index (χ3v) is 16.9. The van der Waals surface area contributed by atoms with Crippen LogP contribution in [0.3, 0.4) is 0 Å². The zero-order valence-electron chi connectivity index (χ0n) is 41.5. The van der Waals surface area contributed by atoms with Crippen LogP contribution in [0.15, 0.2) is 76.3 Å². The van der Waals surface area contributed by atoms with Crippen LogP contribution in [0.1, 0.15) is 217 Å². The van der Waals surface area contributed by atoms with Gasteiger partial charge in [0.15, 0.2) is 0 Å². The van der Waals surface area contributed by atoms with E-state index in [-0.39, 0.29) is 41.5 Å². The third kappa shape index (κ3) is 12.4. The molecule has 63 heavy (non-hydrogen) atoms. The average Bonchev–Trinajstić information content (AvgIpc) is 3.20. The molecule has 3 nitrogen and oxygen atoms in total. The number of nitriles is 1. The molecule has 0 atom stereocenters. The van der Waals surface area contributed by atoms with Crippen molar-refractivity contribution in [3.63, 3.8) is 0 Å². The second-order valence-corrected chi connectivity index (χ2v) is 23.1. The molecule has 4 aliphatic rings. The fraction of sp³-hybridized carbons (Fsp3) is 0.552. The van der Waals surface area contributed by atoms with E-state index < -0.39 is 0 Å². The van der Waals surface area contributed by atoms with E-state index in [1.54, 1.807) is 6.07 Å². The van der Waals surface area contributed by atoms with Crippen LogP contribution < -0.4 is 17.5 Å². The van der Waals surface area contributed by atoms with Crippen molar-refractivity contribution in [1.29, 1.82) is 5.26 Å². The molecule has 0 radical (unpaired) electrons. The summed E-state index contributed by atoms with van der Waals surface area (Å²) in [6.45, 7) is 33.1. The van der Waals surface area contributed by atoms with E-state index in [0.717, 1.165) is 40.0 Å². The van der Waals surface area contributed by atoms with Gasteiger partial charge >= 0.3 is 143 Å². The van der Waals surface area contributed by atoms with E-state index in [1.165, 1.54) is 84.4 Å². The van der Waals surface area contributed by atoms with Gasteiger partial charge < -0.3 is 17.5 Å². The van der Waals surface area contributed by atoms with Crippen LogP contribution in [0.2, 0.25) is 0 Å². The number of nitrogens with zero attached hydrogens (tertiary/aromatic N) is 2. The topological polar surface area (TPSA) is 59.2 Å². The fourth-order valence-electron chi connectivity index (χ4n) is 10.8. The van der Waals surface area contributed by atoms with Crippen molar-refractivity contribution in [2.75, 3.05) is 0 Å². The van der Waals surface area contributed by atoms with Crippen molar-refractivity contribution < 1.29 is 35.4 Å². The zero-order valence-corrected chi connectivity index (χ0v) is 44.3.